The van der Waals surface area contributed by atoms with E-state index in [1.165, 1.54) is 25.3 Å². The average molecular weight is 306 g/mol. The van der Waals surface area contributed by atoms with Crippen molar-refractivity contribution in [2.75, 3.05) is 25.4 Å². The fourth-order valence-electron chi connectivity index (χ4n) is 2.89. The topological polar surface area (TPSA) is 61.2 Å². The highest BCUT2D eigenvalue weighted by molar-refractivity contribution is 7.91. The second-order valence-electron chi connectivity index (χ2n) is 5.70. The number of likely N-dealkylation sites (tertiary alicyclic amines) is 1. The molecule has 1 aromatic rings. The van der Waals surface area contributed by atoms with Crippen LogP contribution in [-0.4, -0.2) is 38.7 Å². The molecule has 2 rings (SSSR count). The van der Waals surface area contributed by atoms with Crippen molar-refractivity contribution in [1.29, 1.82) is 5.26 Å². The molecule has 0 aromatic heterocycles. The largest absolute Gasteiger partial charge is 0.302 e. The van der Waals surface area contributed by atoms with Gasteiger partial charge in [-0.25, -0.2) is 8.42 Å². The van der Waals surface area contributed by atoms with Crippen molar-refractivity contribution >= 4 is 9.84 Å². The molecule has 114 valence electrons. The molecule has 1 heterocycles. The van der Waals surface area contributed by atoms with E-state index >= 15 is 0 Å². The molecule has 5 heteroatoms. The first-order valence-corrected chi connectivity index (χ1v) is 9.15. The minimum Gasteiger partial charge on any atom is -0.302 e. The zero-order chi connectivity index (χ0) is 15.3. The molecule has 1 aliphatic heterocycles. The van der Waals surface area contributed by atoms with Crippen LogP contribution in [0.4, 0.5) is 0 Å². The Morgan fingerprint density at radius 1 is 1.43 bits per heavy atom. The van der Waals surface area contributed by atoms with Gasteiger partial charge in [0.1, 0.15) is 0 Å². The number of hydrogen-bond donors (Lipinski definition) is 0. The SMILES string of the molecule is CCCC1CCN(CCS(=O)(=O)c2cccc(C#N)c2)C1. The molecular weight excluding hydrogens is 284 g/mol. The highest BCUT2D eigenvalue weighted by atomic mass is 32.2. The number of hydrogen-bond acceptors (Lipinski definition) is 4. The molecule has 0 radical (unpaired) electrons. The maximum absolute atomic E-state index is 12.3. The summed E-state index contributed by atoms with van der Waals surface area (Å²) in [5.74, 6) is 0.848. The van der Waals surface area contributed by atoms with E-state index < -0.39 is 9.84 Å². The van der Waals surface area contributed by atoms with Crippen LogP contribution in [0, 0.1) is 17.2 Å². The third-order valence-corrected chi connectivity index (χ3v) is 5.76. The number of sulfone groups is 1. The van der Waals surface area contributed by atoms with Gasteiger partial charge in [-0.3, -0.25) is 0 Å². The van der Waals surface area contributed by atoms with Gasteiger partial charge in [-0.05, 0) is 43.5 Å². The van der Waals surface area contributed by atoms with E-state index in [4.69, 9.17) is 5.26 Å². The van der Waals surface area contributed by atoms with Crippen molar-refractivity contribution < 1.29 is 8.42 Å². The minimum absolute atomic E-state index is 0.126. The third kappa shape index (κ3) is 4.29. The van der Waals surface area contributed by atoms with E-state index in [-0.39, 0.29) is 10.6 Å². The van der Waals surface area contributed by atoms with Crippen molar-refractivity contribution in [3.8, 4) is 6.07 Å². The summed E-state index contributed by atoms with van der Waals surface area (Å²) in [5.41, 5.74) is 0.389. The minimum atomic E-state index is -3.30. The molecule has 1 aliphatic rings. The van der Waals surface area contributed by atoms with Gasteiger partial charge < -0.3 is 4.90 Å². The van der Waals surface area contributed by atoms with Gasteiger partial charge in [-0.2, -0.15) is 5.26 Å². The molecule has 21 heavy (non-hydrogen) atoms. The fraction of sp³-hybridized carbons (Fsp3) is 0.562. The lowest BCUT2D eigenvalue weighted by Gasteiger charge is -2.16. The van der Waals surface area contributed by atoms with E-state index in [0.29, 0.717) is 12.1 Å². The lowest BCUT2D eigenvalue weighted by atomic mass is 10.0. The number of rotatable bonds is 6. The molecule has 1 unspecified atom stereocenters. The summed E-state index contributed by atoms with van der Waals surface area (Å²) in [7, 11) is -3.30. The summed E-state index contributed by atoms with van der Waals surface area (Å²) in [6, 6.07) is 8.25. The summed E-state index contributed by atoms with van der Waals surface area (Å²) in [5, 5.41) is 8.86. The first-order valence-electron chi connectivity index (χ1n) is 7.50. The Balaban J connectivity index is 1.94. The molecule has 1 atom stereocenters. The monoisotopic (exact) mass is 306 g/mol. The Bertz CT molecular complexity index is 619. The molecule has 1 fully saturated rings. The summed E-state index contributed by atoms with van der Waals surface area (Å²) in [6.45, 7) is 4.79. The molecule has 0 bridgehead atoms. The molecule has 0 amide bonds. The van der Waals surface area contributed by atoms with Crippen LogP contribution >= 0.6 is 0 Å². The van der Waals surface area contributed by atoms with Crippen LogP contribution in [0.2, 0.25) is 0 Å². The second-order valence-corrected chi connectivity index (χ2v) is 7.81. The summed E-state index contributed by atoms with van der Waals surface area (Å²) >= 11 is 0. The second kappa shape index (κ2) is 7.06. The van der Waals surface area contributed by atoms with Crippen LogP contribution in [0.5, 0.6) is 0 Å². The van der Waals surface area contributed by atoms with E-state index in [0.717, 1.165) is 19.0 Å². The Morgan fingerprint density at radius 3 is 2.95 bits per heavy atom. The molecular formula is C16H22N2O2S. The van der Waals surface area contributed by atoms with Crippen molar-refractivity contribution in [2.24, 2.45) is 5.92 Å². The third-order valence-electron chi connectivity index (χ3n) is 4.07. The van der Waals surface area contributed by atoms with Crippen LogP contribution in [0.25, 0.3) is 0 Å². The maximum atomic E-state index is 12.3. The fourth-order valence-corrected chi connectivity index (χ4v) is 4.21. The van der Waals surface area contributed by atoms with E-state index in [2.05, 4.69) is 11.8 Å². The summed E-state index contributed by atoms with van der Waals surface area (Å²) in [6.07, 6.45) is 3.60. The normalized spacial score (nSPS) is 19.5. The first kappa shape index (κ1) is 16.0. The molecule has 4 nitrogen and oxygen atoms in total. The van der Waals surface area contributed by atoms with Gasteiger partial charge in [0.2, 0.25) is 0 Å². The maximum Gasteiger partial charge on any atom is 0.179 e. The van der Waals surface area contributed by atoms with Gasteiger partial charge in [0.25, 0.3) is 0 Å². The quantitative estimate of drug-likeness (QED) is 0.810. The zero-order valence-electron chi connectivity index (χ0n) is 12.5. The number of benzene rings is 1. The highest BCUT2D eigenvalue weighted by Crippen LogP contribution is 2.21. The van der Waals surface area contributed by atoms with E-state index in [1.807, 2.05) is 6.07 Å². The van der Waals surface area contributed by atoms with Crippen LogP contribution in [-0.2, 0) is 9.84 Å². The van der Waals surface area contributed by atoms with Crippen LogP contribution in [0.3, 0.4) is 0 Å². The molecule has 1 aromatic carbocycles. The highest BCUT2D eigenvalue weighted by Gasteiger charge is 2.23. The number of nitrogens with zero attached hydrogens (tertiary/aromatic N) is 2. The van der Waals surface area contributed by atoms with Gasteiger partial charge in [0.05, 0.1) is 22.3 Å². The van der Waals surface area contributed by atoms with Crippen LogP contribution in [0.1, 0.15) is 31.7 Å². The van der Waals surface area contributed by atoms with Crippen molar-refractivity contribution in [2.45, 2.75) is 31.1 Å². The molecule has 1 saturated heterocycles. The van der Waals surface area contributed by atoms with Crippen molar-refractivity contribution in [3.63, 3.8) is 0 Å². The van der Waals surface area contributed by atoms with Gasteiger partial charge >= 0.3 is 0 Å². The Labute approximate surface area is 127 Å². The van der Waals surface area contributed by atoms with Crippen molar-refractivity contribution in [3.05, 3.63) is 29.8 Å². The first-order chi connectivity index (χ1) is 10.0. The van der Waals surface area contributed by atoms with E-state index in [1.54, 1.807) is 18.2 Å². The Hall–Kier alpha value is -1.38. The van der Waals surface area contributed by atoms with Crippen molar-refractivity contribution in [1.82, 2.24) is 4.90 Å². The smallest absolute Gasteiger partial charge is 0.179 e. The predicted molar refractivity (Wildman–Crippen MR) is 82.7 cm³/mol. The van der Waals surface area contributed by atoms with E-state index in [9.17, 15) is 8.42 Å². The lowest BCUT2D eigenvalue weighted by Crippen LogP contribution is -2.27. The number of nitriles is 1. The summed E-state index contributed by atoms with van der Waals surface area (Å²) < 4.78 is 24.7. The zero-order valence-corrected chi connectivity index (χ0v) is 13.3. The van der Waals surface area contributed by atoms with Crippen LogP contribution in [0.15, 0.2) is 29.2 Å². The van der Waals surface area contributed by atoms with Gasteiger partial charge in [0.15, 0.2) is 9.84 Å². The van der Waals surface area contributed by atoms with Crippen LogP contribution < -0.4 is 0 Å². The molecule has 0 aliphatic carbocycles. The lowest BCUT2D eigenvalue weighted by molar-refractivity contribution is 0.338. The Morgan fingerprint density at radius 2 is 2.24 bits per heavy atom. The molecule has 0 N–H and O–H groups in total. The van der Waals surface area contributed by atoms with Gasteiger partial charge in [0, 0.05) is 13.1 Å². The standard InChI is InChI=1S/C16H22N2O2S/c1-2-4-14-7-8-18(13-14)9-10-21(19,20)16-6-3-5-15(11-16)12-17/h3,5-6,11,14H,2,4,7-10,13H2,1H3. The average Bonchev–Trinajstić information content (AvgIpc) is 2.93. The van der Waals surface area contributed by atoms with Gasteiger partial charge in [-0.1, -0.05) is 19.4 Å². The summed E-state index contributed by atoms with van der Waals surface area (Å²) in [4.78, 5) is 2.50. The molecule has 0 spiro atoms. The Kier molecular flexibility index (Phi) is 5.38. The molecule has 0 saturated carbocycles. The predicted octanol–water partition coefficient (Wildman–Crippen LogP) is 2.45. The van der Waals surface area contributed by atoms with Gasteiger partial charge in [-0.15, -0.1) is 0 Å².